The number of nitrogens with zero attached hydrogens (tertiary/aromatic N) is 3. The van der Waals surface area contributed by atoms with E-state index >= 15 is 0 Å². The predicted molar refractivity (Wildman–Crippen MR) is 170 cm³/mol. The van der Waals surface area contributed by atoms with Gasteiger partial charge in [0.25, 0.3) is 0 Å². The van der Waals surface area contributed by atoms with Crippen LogP contribution in [0.2, 0.25) is 0 Å². The Balaban J connectivity index is 1.18. The van der Waals surface area contributed by atoms with Gasteiger partial charge in [-0.15, -0.1) is 0 Å². The Bertz CT molecular complexity index is 1880. The number of pyridine rings is 1. The van der Waals surface area contributed by atoms with E-state index in [1.54, 1.807) is 18.3 Å². The van der Waals surface area contributed by atoms with Crippen LogP contribution < -0.4 is 5.32 Å². The Kier molecular flexibility index (Phi) is 7.98. The van der Waals surface area contributed by atoms with E-state index in [0.29, 0.717) is 35.9 Å². The zero-order valence-electron chi connectivity index (χ0n) is 25.1. The summed E-state index contributed by atoms with van der Waals surface area (Å²) < 4.78 is 42.3. The Labute approximate surface area is 264 Å². The van der Waals surface area contributed by atoms with Crippen LogP contribution in [0.4, 0.5) is 13.2 Å². The van der Waals surface area contributed by atoms with Crippen LogP contribution in [-0.2, 0) is 35.5 Å². The lowest BCUT2D eigenvalue weighted by atomic mass is 9.89. The minimum absolute atomic E-state index is 0.0656. The number of rotatable bonds is 6. The number of hydrogen-bond acceptors (Lipinski definition) is 4. The lowest BCUT2D eigenvalue weighted by Gasteiger charge is -2.45. The van der Waals surface area contributed by atoms with Crippen molar-refractivity contribution in [3.8, 4) is 0 Å². The van der Waals surface area contributed by atoms with E-state index in [0.717, 1.165) is 32.6 Å². The normalized spacial score (nSPS) is 20.1. The van der Waals surface area contributed by atoms with Gasteiger partial charge in [0.2, 0.25) is 5.91 Å². The number of alkyl halides is 3. The van der Waals surface area contributed by atoms with Crippen molar-refractivity contribution < 1.29 is 22.8 Å². The summed E-state index contributed by atoms with van der Waals surface area (Å²) in [6.07, 6.45) is -2.01. The van der Waals surface area contributed by atoms with Gasteiger partial charge in [-0.25, -0.2) is 0 Å². The molecule has 0 radical (unpaired) electrons. The third kappa shape index (κ3) is 5.85. The summed E-state index contributed by atoms with van der Waals surface area (Å²) in [6, 6.07) is 25.0. The quantitative estimate of drug-likeness (QED) is 0.246. The van der Waals surface area contributed by atoms with Crippen LogP contribution in [0.1, 0.15) is 35.2 Å². The summed E-state index contributed by atoms with van der Waals surface area (Å²) in [5.41, 5.74) is 5.45. The molecule has 2 aromatic heterocycles. The second-order valence-corrected chi connectivity index (χ2v) is 12.2. The minimum Gasteiger partial charge on any atom is -0.357 e. The van der Waals surface area contributed by atoms with Gasteiger partial charge < -0.3 is 14.8 Å². The average Bonchev–Trinajstić information content (AvgIpc) is 3.45. The molecule has 1 fully saturated rings. The minimum atomic E-state index is -5.03. The number of carbonyl (C=O) groups excluding carboxylic acids is 2. The van der Waals surface area contributed by atoms with E-state index in [4.69, 9.17) is 0 Å². The topological polar surface area (TPSA) is 81.3 Å². The first kappa shape index (κ1) is 30.0. The maximum Gasteiger partial charge on any atom is 0.471 e. The highest BCUT2D eigenvalue weighted by atomic mass is 19.4. The molecule has 10 heteroatoms. The first-order chi connectivity index (χ1) is 22.3. The molecule has 0 saturated carbocycles. The maximum absolute atomic E-state index is 14.2. The smallest absolute Gasteiger partial charge is 0.357 e. The molecule has 7 rings (SSSR count). The molecule has 2 N–H and O–H groups in total. The fraction of sp³-hybridized carbons (Fsp3) is 0.306. The molecule has 0 spiro atoms. The fourth-order valence-electron chi connectivity index (χ4n) is 7.21. The van der Waals surface area contributed by atoms with Crippen LogP contribution in [-0.4, -0.2) is 62.4 Å². The first-order valence-corrected chi connectivity index (χ1v) is 15.6. The van der Waals surface area contributed by atoms with Crippen LogP contribution in [0.3, 0.4) is 0 Å². The number of piperidine rings is 1. The molecular weight excluding hydrogens is 591 g/mol. The van der Waals surface area contributed by atoms with E-state index in [2.05, 4.69) is 21.4 Å². The van der Waals surface area contributed by atoms with Gasteiger partial charge in [0.1, 0.15) is 0 Å². The molecule has 0 aliphatic carbocycles. The largest absolute Gasteiger partial charge is 0.471 e. The highest BCUT2D eigenvalue weighted by molar-refractivity contribution is 5.88. The van der Waals surface area contributed by atoms with Crippen molar-refractivity contribution in [3.05, 3.63) is 114 Å². The number of amides is 2. The Morgan fingerprint density at radius 3 is 2.48 bits per heavy atom. The number of nitrogens with one attached hydrogen (secondary N) is 2. The van der Waals surface area contributed by atoms with E-state index in [1.807, 2.05) is 71.6 Å². The van der Waals surface area contributed by atoms with Crippen LogP contribution >= 0.6 is 0 Å². The lowest BCUT2D eigenvalue weighted by molar-refractivity contribution is -0.190. The summed E-state index contributed by atoms with van der Waals surface area (Å²) in [5.74, 6) is -1.93. The molecule has 0 unspecified atom stereocenters. The highest BCUT2D eigenvalue weighted by Gasteiger charge is 2.47. The molecule has 4 heterocycles. The van der Waals surface area contributed by atoms with Crippen LogP contribution in [0.25, 0.3) is 21.8 Å². The van der Waals surface area contributed by atoms with Crippen molar-refractivity contribution in [3.63, 3.8) is 0 Å². The standard InChI is InChI=1S/C36H34F3N5O2/c37-36(38,39)35(46)44(22-24-14-16-40-30-12-6-4-10-27(24)30)25-15-17-43(26(19-25)18-23-8-2-1-3-9-23)34(45)32-20-29-28-11-5-7-13-31(28)42-33(29)21-41-32/h1-14,16,25-26,32,41-42H,15,17-22H2/t25-,26+,32-/m0/s1. The van der Waals surface area contributed by atoms with Crippen molar-refractivity contribution in [2.24, 2.45) is 0 Å². The maximum atomic E-state index is 14.2. The molecular formula is C36H34F3N5O2. The predicted octanol–water partition coefficient (Wildman–Crippen LogP) is 5.92. The fourth-order valence-corrected chi connectivity index (χ4v) is 7.21. The number of para-hydroxylation sites is 2. The van der Waals surface area contributed by atoms with Gasteiger partial charge >= 0.3 is 12.1 Å². The Morgan fingerprint density at radius 1 is 0.935 bits per heavy atom. The van der Waals surface area contributed by atoms with E-state index in [9.17, 15) is 22.8 Å². The molecule has 236 valence electrons. The molecule has 3 atom stereocenters. The van der Waals surface area contributed by atoms with Crippen molar-refractivity contribution in [2.45, 2.75) is 63.1 Å². The van der Waals surface area contributed by atoms with E-state index in [1.165, 1.54) is 0 Å². The number of fused-ring (bicyclic) bond motifs is 4. The first-order valence-electron chi connectivity index (χ1n) is 15.6. The average molecular weight is 626 g/mol. The number of hydrogen-bond donors (Lipinski definition) is 2. The summed E-state index contributed by atoms with van der Waals surface area (Å²) in [4.78, 5) is 37.8. The van der Waals surface area contributed by atoms with Crippen LogP contribution in [0.5, 0.6) is 0 Å². The number of carbonyl (C=O) groups is 2. The number of aromatic amines is 1. The second kappa shape index (κ2) is 12.2. The summed E-state index contributed by atoms with van der Waals surface area (Å²) >= 11 is 0. The molecule has 2 amide bonds. The molecule has 2 aliphatic heterocycles. The molecule has 7 nitrogen and oxygen atoms in total. The molecule has 5 aromatic rings. The van der Waals surface area contributed by atoms with Gasteiger partial charge in [-0.05, 0) is 60.6 Å². The number of benzene rings is 3. The number of H-pyrrole nitrogens is 1. The monoisotopic (exact) mass is 625 g/mol. The molecule has 2 aliphatic rings. The van der Waals surface area contributed by atoms with Crippen molar-refractivity contribution in [1.82, 2.24) is 25.1 Å². The van der Waals surface area contributed by atoms with Crippen LogP contribution in [0, 0.1) is 0 Å². The Morgan fingerprint density at radius 2 is 1.67 bits per heavy atom. The highest BCUT2D eigenvalue weighted by Crippen LogP contribution is 2.33. The summed E-state index contributed by atoms with van der Waals surface area (Å²) in [6.45, 7) is 0.568. The summed E-state index contributed by atoms with van der Waals surface area (Å²) in [5, 5.41) is 5.20. The van der Waals surface area contributed by atoms with Crippen molar-refractivity contribution in [2.75, 3.05) is 6.54 Å². The second-order valence-electron chi connectivity index (χ2n) is 12.2. The van der Waals surface area contributed by atoms with Gasteiger partial charge in [-0.3, -0.25) is 19.9 Å². The molecule has 1 saturated heterocycles. The third-order valence-electron chi connectivity index (χ3n) is 9.44. The molecule has 3 aromatic carbocycles. The Hall–Kier alpha value is -4.70. The molecule has 46 heavy (non-hydrogen) atoms. The third-order valence-corrected chi connectivity index (χ3v) is 9.44. The number of aromatic nitrogens is 2. The van der Waals surface area contributed by atoms with Gasteiger partial charge in [0.15, 0.2) is 0 Å². The van der Waals surface area contributed by atoms with E-state index in [-0.39, 0.29) is 31.8 Å². The van der Waals surface area contributed by atoms with Gasteiger partial charge in [-0.1, -0.05) is 66.7 Å². The van der Waals surface area contributed by atoms with E-state index < -0.39 is 30.2 Å². The zero-order valence-corrected chi connectivity index (χ0v) is 25.1. The number of likely N-dealkylation sites (tertiary alicyclic amines) is 1. The van der Waals surface area contributed by atoms with Gasteiger partial charge in [0.05, 0.1) is 11.6 Å². The van der Waals surface area contributed by atoms with Crippen LogP contribution in [0.15, 0.2) is 91.1 Å². The lowest BCUT2D eigenvalue weighted by Crippen LogP contribution is -2.59. The molecule has 0 bridgehead atoms. The summed E-state index contributed by atoms with van der Waals surface area (Å²) in [7, 11) is 0. The number of halogens is 3. The van der Waals surface area contributed by atoms with Gasteiger partial charge in [0, 0.05) is 59.9 Å². The van der Waals surface area contributed by atoms with Crippen molar-refractivity contribution in [1.29, 1.82) is 0 Å². The SMILES string of the molecule is O=C([C@@H]1Cc2c([nH]c3ccccc23)CN1)N1CC[C@H](N(Cc2ccnc3ccccc23)C(=O)C(F)(F)F)C[C@H]1Cc1ccccc1. The van der Waals surface area contributed by atoms with Gasteiger partial charge in [-0.2, -0.15) is 13.2 Å². The van der Waals surface area contributed by atoms with Crippen molar-refractivity contribution >= 4 is 33.6 Å². The zero-order chi connectivity index (χ0) is 31.8.